The average Bonchev–Trinajstić information content (AvgIpc) is 3.20. The second-order valence-electron chi connectivity index (χ2n) is 7.71. The molecule has 2 aliphatic rings. The van der Waals surface area contributed by atoms with E-state index in [1.807, 2.05) is 49.4 Å². The molecule has 2 aromatic carbocycles. The fourth-order valence-electron chi connectivity index (χ4n) is 3.81. The summed E-state index contributed by atoms with van der Waals surface area (Å²) in [4.78, 5) is 16.4. The first kappa shape index (κ1) is 17.1. The minimum absolute atomic E-state index is 0. The Labute approximate surface area is 164 Å². The Bertz CT molecular complexity index is 1070. The van der Waals surface area contributed by atoms with Gasteiger partial charge in [0.1, 0.15) is 0 Å². The Kier molecular flexibility index (Phi) is 3.84. The highest BCUT2D eigenvalue weighted by Crippen LogP contribution is 2.51. The molecule has 1 atom stereocenters. The summed E-state index contributed by atoms with van der Waals surface area (Å²) >= 11 is 0. The number of hydrogen-bond donors (Lipinski definition) is 3. The third-order valence-electron chi connectivity index (χ3n) is 5.81. The van der Waals surface area contributed by atoms with Gasteiger partial charge in [-0.1, -0.05) is 13.0 Å². The topological polar surface area (TPSA) is 83.6 Å². The highest BCUT2D eigenvalue weighted by molar-refractivity contribution is 6.02. The summed E-state index contributed by atoms with van der Waals surface area (Å²) in [6.45, 7) is 2.29. The van der Waals surface area contributed by atoms with E-state index in [0.717, 1.165) is 46.4 Å². The van der Waals surface area contributed by atoms with E-state index >= 15 is 0 Å². The molecule has 0 spiro atoms. The molecule has 6 nitrogen and oxygen atoms in total. The molecule has 2 heterocycles. The standard InChI is InChI=1S/C22H22N2O4.H2/c1-13(11-25)18-9-14-8-16(3-4-17(14)24-18)23-21(26)22(6-7-22)15-2-5-19-20(10-15)28-12-27-19;/h2-5,8-10,13,24-25H,6-7,11-12H2,1H3,(H,23,26);1H. The Morgan fingerprint density at radius 3 is 2.82 bits per heavy atom. The summed E-state index contributed by atoms with van der Waals surface area (Å²) in [6, 6.07) is 13.6. The molecule has 0 radical (unpaired) electrons. The van der Waals surface area contributed by atoms with Gasteiger partial charge in [-0.25, -0.2) is 0 Å². The number of aromatic amines is 1. The van der Waals surface area contributed by atoms with Crippen LogP contribution in [0.3, 0.4) is 0 Å². The molecule has 28 heavy (non-hydrogen) atoms. The third-order valence-corrected chi connectivity index (χ3v) is 5.81. The van der Waals surface area contributed by atoms with Crippen LogP contribution >= 0.6 is 0 Å². The smallest absolute Gasteiger partial charge is 0.235 e. The van der Waals surface area contributed by atoms with Crippen molar-refractivity contribution in [3.63, 3.8) is 0 Å². The Hall–Kier alpha value is -2.99. The molecule has 1 saturated carbocycles. The van der Waals surface area contributed by atoms with Crippen LogP contribution in [0.15, 0.2) is 42.5 Å². The summed E-state index contributed by atoms with van der Waals surface area (Å²) in [5.74, 6) is 1.48. The highest BCUT2D eigenvalue weighted by atomic mass is 16.7. The molecule has 1 fully saturated rings. The van der Waals surface area contributed by atoms with E-state index in [9.17, 15) is 9.90 Å². The van der Waals surface area contributed by atoms with Crippen LogP contribution in [0.5, 0.6) is 11.5 Å². The molecule has 1 aliphatic carbocycles. The fraction of sp³-hybridized carbons (Fsp3) is 0.318. The zero-order valence-corrected chi connectivity index (χ0v) is 15.6. The number of benzene rings is 2. The monoisotopic (exact) mass is 380 g/mol. The van der Waals surface area contributed by atoms with Gasteiger partial charge in [0.15, 0.2) is 11.5 Å². The molecule has 1 unspecified atom stereocenters. The van der Waals surface area contributed by atoms with Crippen LogP contribution in [0, 0.1) is 0 Å². The van der Waals surface area contributed by atoms with Crippen molar-refractivity contribution < 1.29 is 20.8 Å². The Balaban J connectivity index is 0.00000205. The quantitative estimate of drug-likeness (QED) is 0.627. The summed E-state index contributed by atoms with van der Waals surface area (Å²) in [7, 11) is 0. The van der Waals surface area contributed by atoms with Gasteiger partial charge in [-0.05, 0) is 54.8 Å². The molecule has 0 saturated heterocycles. The Morgan fingerprint density at radius 1 is 1.21 bits per heavy atom. The average molecular weight is 380 g/mol. The summed E-state index contributed by atoms with van der Waals surface area (Å²) < 4.78 is 10.8. The maximum atomic E-state index is 13.1. The van der Waals surface area contributed by atoms with E-state index in [1.54, 1.807) is 0 Å². The number of carbonyl (C=O) groups is 1. The molecule has 0 bridgehead atoms. The maximum Gasteiger partial charge on any atom is 0.235 e. The lowest BCUT2D eigenvalue weighted by molar-refractivity contribution is -0.118. The van der Waals surface area contributed by atoms with Gasteiger partial charge in [0.25, 0.3) is 0 Å². The highest BCUT2D eigenvalue weighted by Gasteiger charge is 2.51. The lowest BCUT2D eigenvalue weighted by atomic mass is 9.94. The largest absolute Gasteiger partial charge is 0.454 e. The van der Waals surface area contributed by atoms with Gasteiger partial charge in [0, 0.05) is 29.6 Å². The molecule has 3 N–H and O–H groups in total. The van der Waals surface area contributed by atoms with Crippen LogP contribution in [-0.2, 0) is 10.2 Å². The van der Waals surface area contributed by atoms with Crippen LogP contribution in [-0.4, -0.2) is 29.4 Å². The number of hydrogen-bond acceptors (Lipinski definition) is 4. The van der Waals surface area contributed by atoms with E-state index in [0.29, 0.717) is 5.75 Å². The molecule has 1 aliphatic heterocycles. The first-order valence-corrected chi connectivity index (χ1v) is 9.54. The fourth-order valence-corrected chi connectivity index (χ4v) is 3.81. The van der Waals surface area contributed by atoms with E-state index in [4.69, 9.17) is 9.47 Å². The number of aliphatic hydroxyl groups is 1. The molecule has 5 rings (SSSR count). The number of H-pyrrole nitrogens is 1. The molecular formula is C22H24N2O4. The van der Waals surface area contributed by atoms with Crippen molar-refractivity contribution in [1.29, 1.82) is 0 Å². The Morgan fingerprint density at radius 2 is 2.04 bits per heavy atom. The number of anilines is 1. The summed E-state index contributed by atoms with van der Waals surface area (Å²) in [5, 5.41) is 13.5. The van der Waals surface area contributed by atoms with Crippen molar-refractivity contribution in [2.45, 2.75) is 31.1 Å². The van der Waals surface area contributed by atoms with Crippen LogP contribution in [0.2, 0.25) is 0 Å². The van der Waals surface area contributed by atoms with E-state index in [2.05, 4.69) is 10.3 Å². The van der Waals surface area contributed by atoms with Gasteiger partial charge in [0.05, 0.1) is 12.0 Å². The number of aromatic nitrogens is 1. The number of amides is 1. The first-order valence-electron chi connectivity index (χ1n) is 9.54. The van der Waals surface area contributed by atoms with Crippen molar-refractivity contribution in [3.05, 3.63) is 53.7 Å². The number of aliphatic hydroxyl groups excluding tert-OH is 1. The summed E-state index contributed by atoms with van der Waals surface area (Å²) in [5.41, 5.74) is 3.22. The van der Waals surface area contributed by atoms with Crippen molar-refractivity contribution in [2.75, 3.05) is 18.7 Å². The van der Waals surface area contributed by atoms with Crippen LogP contribution in [0.4, 0.5) is 5.69 Å². The van der Waals surface area contributed by atoms with Gasteiger partial charge < -0.3 is 24.9 Å². The SMILES string of the molecule is CC(CO)c1cc2cc(NC(=O)C3(c4ccc5c(c4)OCO5)CC3)ccc2[nH]1.[HH]. The maximum absolute atomic E-state index is 13.1. The number of ether oxygens (including phenoxy) is 2. The van der Waals surface area contributed by atoms with Crippen LogP contribution in [0.1, 0.15) is 38.4 Å². The molecule has 6 heteroatoms. The van der Waals surface area contributed by atoms with Crippen LogP contribution < -0.4 is 14.8 Å². The van der Waals surface area contributed by atoms with Gasteiger partial charge >= 0.3 is 0 Å². The zero-order chi connectivity index (χ0) is 19.3. The lowest BCUT2D eigenvalue weighted by Crippen LogP contribution is -2.27. The normalized spacial score (nSPS) is 17.5. The van der Waals surface area contributed by atoms with Gasteiger partial charge in [-0.2, -0.15) is 0 Å². The minimum atomic E-state index is -0.495. The predicted molar refractivity (Wildman–Crippen MR) is 108 cm³/mol. The van der Waals surface area contributed by atoms with E-state index in [1.165, 1.54) is 0 Å². The van der Waals surface area contributed by atoms with Crippen LogP contribution in [0.25, 0.3) is 10.9 Å². The van der Waals surface area contributed by atoms with Gasteiger partial charge in [-0.3, -0.25) is 4.79 Å². The molecular weight excluding hydrogens is 356 g/mol. The van der Waals surface area contributed by atoms with Gasteiger partial charge in [-0.15, -0.1) is 0 Å². The van der Waals surface area contributed by atoms with Gasteiger partial charge in [0.2, 0.25) is 12.7 Å². The molecule has 146 valence electrons. The zero-order valence-electron chi connectivity index (χ0n) is 15.6. The lowest BCUT2D eigenvalue weighted by Gasteiger charge is -2.16. The second kappa shape index (κ2) is 6.27. The van der Waals surface area contributed by atoms with Crippen molar-refractivity contribution in [1.82, 2.24) is 4.98 Å². The van der Waals surface area contributed by atoms with Crippen molar-refractivity contribution >= 4 is 22.5 Å². The summed E-state index contributed by atoms with van der Waals surface area (Å²) in [6.07, 6.45) is 1.64. The van der Waals surface area contributed by atoms with E-state index < -0.39 is 5.41 Å². The molecule has 1 amide bonds. The second-order valence-corrected chi connectivity index (χ2v) is 7.71. The van der Waals surface area contributed by atoms with Crippen molar-refractivity contribution in [3.8, 4) is 11.5 Å². The molecule has 1 aromatic heterocycles. The van der Waals surface area contributed by atoms with E-state index in [-0.39, 0.29) is 26.7 Å². The number of carbonyl (C=O) groups excluding carboxylic acids is 1. The number of nitrogens with one attached hydrogen (secondary N) is 2. The minimum Gasteiger partial charge on any atom is -0.454 e. The molecule has 3 aromatic rings. The number of fused-ring (bicyclic) bond motifs is 2. The first-order chi connectivity index (χ1) is 13.6. The van der Waals surface area contributed by atoms with Crippen molar-refractivity contribution in [2.24, 2.45) is 0 Å². The number of rotatable bonds is 5. The third kappa shape index (κ3) is 2.72. The predicted octanol–water partition coefficient (Wildman–Crippen LogP) is 3.91.